The van der Waals surface area contributed by atoms with Gasteiger partial charge in [0.1, 0.15) is 23.2 Å². The Bertz CT molecular complexity index is 839. The number of hydrogen-bond donors (Lipinski definition) is 2. The highest BCUT2D eigenvalue weighted by molar-refractivity contribution is 5.81. The van der Waals surface area contributed by atoms with E-state index in [1.165, 1.54) is 6.92 Å². The van der Waals surface area contributed by atoms with E-state index in [9.17, 15) is 15.2 Å². The van der Waals surface area contributed by atoms with Crippen LogP contribution in [0.2, 0.25) is 0 Å². The van der Waals surface area contributed by atoms with E-state index < -0.39 is 0 Å². The molecule has 0 radical (unpaired) electrons. The maximum Gasteiger partial charge on any atom is 0.219 e. The summed E-state index contributed by atoms with van der Waals surface area (Å²) in [6.07, 6.45) is 0.594. The van der Waals surface area contributed by atoms with Gasteiger partial charge in [-0.05, 0) is 17.7 Å². The summed E-state index contributed by atoms with van der Waals surface area (Å²) >= 11 is 0. The molecule has 1 amide bonds. The maximum absolute atomic E-state index is 11.7. The van der Waals surface area contributed by atoms with Gasteiger partial charge in [-0.1, -0.05) is 12.1 Å². The van der Waals surface area contributed by atoms with E-state index in [0.29, 0.717) is 30.6 Å². The molecule has 0 spiro atoms. The molecule has 2 heterocycles. The van der Waals surface area contributed by atoms with E-state index in [-0.39, 0.29) is 23.0 Å². The molecular weight excluding hydrogens is 292 g/mol. The van der Waals surface area contributed by atoms with Crippen LogP contribution in [0.1, 0.15) is 23.7 Å². The molecule has 0 saturated carbocycles. The highest BCUT2D eigenvalue weighted by Gasteiger charge is 2.26. The Hall–Kier alpha value is -3.07. The molecule has 23 heavy (non-hydrogen) atoms. The van der Waals surface area contributed by atoms with Gasteiger partial charge in [0.15, 0.2) is 0 Å². The van der Waals surface area contributed by atoms with Gasteiger partial charge in [0.2, 0.25) is 5.91 Å². The fourth-order valence-electron chi connectivity index (χ4n) is 2.94. The van der Waals surface area contributed by atoms with E-state index >= 15 is 0 Å². The number of phenolic OH excluding ortho intramolecular Hbond substituents is 1. The first-order valence-corrected chi connectivity index (χ1v) is 7.27. The topological polar surface area (TPSA) is 103 Å². The van der Waals surface area contributed by atoms with Crippen LogP contribution in [-0.2, 0) is 17.8 Å². The van der Waals surface area contributed by atoms with Crippen molar-refractivity contribution in [3.05, 3.63) is 41.1 Å². The summed E-state index contributed by atoms with van der Waals surface area (Å²) in [5.41, 5.74) is 9.19. The van der Waals surface area contributed by atoms with Crippen LogP contribution in [0.3, 0.4) is 0 Å². The molecule has 0 aliphatic carbocycles. The fourth-order valence-corrected chi connectivity index (χ4v) is 2.94. The zero-order valence-corrected chi connectivity index (χ0v) is 12.7. The predicted molar refractivity (Wildman–Crippen MR) is 85.3 cm³/mol. The number of benzene rings is 1. The minimum Gasteiger partial charge on any atom is -0.508 e. The van der Waals surface area contributed by atoms with Crippen molar-refractivity contribution in [2.24, 2.45) is 0 Å². The number of aromatic nitrogens is 1. The fraction of sp³-hybridized carbons (Fsp3) is 0.235. The first kappa shape index (κ1) is 14.9. The van der Waals surface area contributed by atoms with Crippen LogP contribution in [-0.4, -0.2) is 27.4 Å². The third-order valence-corrected chi connectivity index (χ3v) is 4.07. The number of nitrogens with two attached hydrogens (primary N) is 1. The summed E-state index contributed by atoms with van der Waals surface area (Å²) < 4.78 is 0. The normalized spacial score (nSPS) is 13.3. The lowest BCUT2D eigenvalue weighted by Crippen LogP contribution is -2.35. The number of carbonyl (C=O) groups excluding carboxylic acids is 1. The lowest BCUT2D eigenvalue weighted by Gasteiger charge is -2.29. The van der Waals surface area contributed by atoms with E-state index in [1.807, 2.05) is 6.07 Å². The number of anilines is 1. The number of pyridine rings is 1. The molecule has 3 rings (SSSR count). The summed E-state index contributed by atoms with van der Waals surface area (Å²) in [4.78, 5) is 17.8. The van der Waals surface area contributed by atoms with Gasteiger partial charge in [-0.2, -0.15) is 5.26 Å². The third kappa shape index (κ3) is 2.57. The number of rotatable bonds is 1. The van der Waals surface area contributed by atoms with Crippen molar-refractivity contribution >= 4 is 11.7 Å². The van der Waals surface area contributed by atoms with Gasteiger partial charge in [-0.15, -0.1) is 0 Å². The van der Waals surface area contributed by atoms with Crippen LogP contribution < -0.4 is 5.73 Å². The molecule has 1 aliphatic rings. The van der Waals surface area contributed by atoms with Gasteiger partial charge in [0.25, 0.3) is 0 Å². The van der Waals surface area contributed by atoms with Crippen LogP contribution in [0.4, 0.5) is 5.82 Å². The highest BCUT2D eigenvalue weighted by atomic mass is 16.3. The van der Waals surface area contributed by atoms with Crippen molar-refractivity contribution in [3.63, 3.8) is 0 Å². The SMILES string of the molecule is CC(=O)N1CCc2nc(N)c(C#N)c(-c3cccc(O)c3)c2C1. The first-order chi connectivity index (χ1) is 11.0. The van der Waals surface area contributed by atoms with Crippen molar-refractivity contribution < 1.29 is 9.90 Å². The Kier molecular flexibility index (Phi) is 3.62. The Balaban J connectivity index is 2.26. The zero-order chi connectivity index (χ0) is 16.6. The smallest absolute Gasteiger partial charge is 0.219 e. The Morgan fingerprint density at radius 1 is 1.48 bits per heavy atom. The molecule has 1 aliphatic heterocycles. The Labute approximate surface area is 133 Å². The van der Waals surface area contributed by atoms with Crippen molar-refractivity contribution in [1.82, 2.24) is 9.88 Å². The van der Waals surface area contributed by atoms with Crippen LogP contribution in [0.25, 0.3) is 11.1 Å². The minimum absolute atomic E-state index is 0.0205. The van der Waals surface area contributed by atoms with E-state index in [0.717, 1.165) is 11.3 Å². The van der Waals surface area contributed by atoms with Crippen LogP contribution in [0, 0.1) is 11.3 Å². The molecule has 0 atom stereocenters. The van der Waals surface area contributed by atoms with Gasteiger partial charge < -0.3 is 15.7 Å². The largest absolute Gasteiger partial charge is 0.508 e. The zero-order valence-electron chi connectivity index (χ0n) is 12.7. The van der Waals surface area contributed by atoms with Crippen molar-refractivity contribution in [3.8, 4) is 22.9 Å². The second kappa shape index (κ2) is 5.61. The number of nitrogen functional groups attached to an aromatic ring is 1. The lowest BCUT2D eigenvalue weighted by atomic mass is 9.91. The number of nitriles is 1. The number of carbonyl (C=O) groups is 1. The molecule has 0 fully saturated rings. The number of fused-ring (bicyclic) bond motifs is 1. The van der Waals surface area contributed by atoms with Gasteiger partial charge in [0, 0.05) is 37.6 Å². The Morgan fingerprint density at radius 3 is 2.91 bits per heavy atom. The van der Waals surface area contributed by atoms with Gasteiger partial charge in [-0.3, -0.25) is 4.79 Å². The second-order valence-corrected chi connectivity index (χ2v) is 5.52. The molecule has 0 bridgehead atoms. The second-order valence-electron chi connectivity index (χ2n) is 5.52. The summed E-state index contributed by atoms with van der Waals surface area (Å²) in [6.45, 7) is 2.49. The molecule has 0 unspecified atom stereocenters. The summed E-state index contributed by atoms with van der Waals surface area (Å²) in [5.74, 6) is 0.267. The minimum atomic E-state index is -0.0205. The van der Waals surface area contributed by atoms with Crippen molar-refractivity contribution in [2.45, 2.75) is 19.9 Å². The molecule has 2 aromatic rings. The van der Waals surface area contributed by atoms with Crippen molar-refractivity contribution in [2.75, 3.05) is 12.3 Å². The molecule has 6 nitrogen and oxygen atoms in total. The van der Waals surface area contributed by atoms with Gasteiger partial charge in [-0.25, -0.2) is 4.98 Å². The number of aromatic hydroxyl groups is 1. The lowest BCUT2D eigenvalue weighted by molar-refractivity contribution is -0.129. The van der Waals surface area contributed by atoms with E-state index in [2.05, 4.69) is 11.1 Å². The average Bonchev–Trinajstić information content (AvgIpc) is 2.53. The van der Waals surface area contributed by atoms with Crippen molar-refractivity contribution in [1.29, 1.82) is 5.26 Å². The molecule has 3 N–H and O–H groups in total. The maximum atomic E-state index is 11.7. The van der Waals surface area contributed by atoms with Crippen LogP contribution in [0.15, 0.2) is 24.3 Å². The molecule has 0 saturated heterocycles. The number of hydrogen-bond acceptors (Lipinski definition) is 5. The monoisotopic (exact) mass is 308 g/mol. The number of nitrogens with zero attached hydrogens (tertiary/aromatic N) is 3. The average molecular weight is 308 g/mol. The molecule has 116 valence electrons. The van der Waals surface area contributed by atoms with Gasteiger partial charge in [0.05, 0.1) is 5.69 Å². The van der Waals surface area contributed by atoms with Crippen LogP contribution >= 0.6 is 0 Å². The quantitative estimate of drug-likeness (QED) is 0.836. The first-order valence-electron chi connectivity index (χ1n) is 7.27. The third-order valence-electron chi connectivity index (χ3n) is 4.07. The summed E-state index contributed by atoms with van der Waals surface area (Å²) in [7, 11) is 0. The highest BCUT2D eigenvalue weighted by Crippen LogP contribution is 2.36. The summed E-state index contributed by atoms with van der Waals surface area (Å²) in [5, 5.41) is 19.3. The van der Waals surface area contributed by atoms with E-state index in [4.69, 9.17) is 5.73 Å². The van der Waals surface area contributed by atoms with Crippen LogP contribution in [0.5, 0.6) is 5.75 Å². The number of phenols is 1. The molecule has 1 aromatic heterocycles. The molecule has 6 heteroatoms. The summed E-state index contributed by atoms with van der Waals surface area (Å²) in [6, 6.07) is 8.77. The van der Waals surface area contributed by atoms with E-state index in [1.54, 1.807) is 23.1 Å². The predicted octanol–water partition coefficient (Wildman–Crippen LogP) is 1.81. The molecular formula is C17H16N4O2. The standard InChI is InChI=1S/C17H16N4O2/c1-10(22)21-6-5-15-14(9-21)16(13(8-18)17(19)20-15)11-3-2-4-12(23)7-11/h2-4,7,23H,5-6,9H2,1H3,(H2,19,20). The Morgan fingerprint density at radius 2 is 2.26 bits per heavy atom. The van der Waals surface area contributed by atoms with Gasteiger partial charge >= 0.3 is 0 Å². The number of amides is 1. The molecule has 1 aromatic carbocycles.